The van der Waals surface area contributed by atoms with Gasteiger partial charge in [0.25, 0.3) is 5.91 Å². The molecule has 1 heterocycles. The number of carbonyl (C=O) groups excluding carboxylic acids is 1. The zero-order valence-electron chi connectivity index (χ0n) is 16.1. The Morgan fingerprint density at radius 2 is 2.22 bits per heavy atom. The number of rotatable bonds is 8. The van der Waals surface area contributed by atoms with Crippen LogP contribution in [0.1, 0.15) is 30.1 Å². The normalized spacial score (nSPS) is 16.5. The van der Waals surface area contributed by atoms with Crippen molar-refractivity contribution in [1.82, 2.24) is 15.5 Å². The van der Waals surface area contributed by atoms with Crippen LogP contribution in [0.5, 0.6) is 5.75 Å². The summed E-state index contributed by atoms with van der Waals surface area (Å²) in [6.07, 6.45) is 1.85. The summed E-state index contributed by atoms with van der Waals surface area (Å²) in [5, 5.41) is 15.6. The van der Waals surface area contributed by atoms with Crippen LogP contribution in [0.15, 0.2) is 29.3 Å². The minimum atomic E-state index is -0.185. The Hall–Kier alpha value is -1.55. The first-order valence-corrected chi connectivity index (χ1v) is 9.24. The van der Waals surface area contributed by atoms with Crippen LogP contribution in [-0.4, -0.2) is 68.3 Å². The van der Waals surface area contributed by atoms with Gasteiger partial charge in [0.15, 0.2) is 5.96 Å². The second kappa shape index (κ2) is 12.8. The van der Waals surface area contributed by atoms with Gasteiger partial charge in [0.05, 0.1) is 6.61 Å². The first-order chi connectivity index (χ1) is 12.6. The van der Waals surface area contributed by atoms with Gasteiger partial charge in [0.2, 0.25) is 0 Å². The largest absolute Gasteiger partial charge is 0.508 e. The van der Waals surface area contributed by atoms with Gasteiger partial charge in [0, 0.05) is 51.3 Å². The molecule has 0 radical (unpaired) electrons. The highest BCUT2D eigenvalue weighted by Crippen LogP contribution is 2.13. The summed E-state index contributed by atoms with van der Waals surface area (Å²) in [4.78, 5) is 18.8. The molecule has 0 spiro atoms. The summed E-state index contributed by atoms with van der Waals surface area (Å²) in [5.74, 6) is 1.35. The van der Waals surface area contributed by atoms with E-state index < -0.39 is 0 Å². The number of carbonyl (C=O) groups is 1. The van der Waals surface area contributed by atoms with Crippen molar-refractivity contribution in [3.63, 3.8) is 0 Å². The monoisotopic (exact) mass is 490 g/mol. The second-order valence-corrected chi connectivity index (χ2v) is 6.51. The lowest BCUT2D eigenvalue weighted by atomic mass is 10.1. The van der Waals surface area contributed by atoms with E-state index in [0.29, 0.717) is 24.6 Å². The fourth-order valence-corrected chi connectivity index (χ4v) is 2.89. The molecular formula is C19H31IN4O3. The molecule has 1 aromatic carbocycles. The van der Waals surface area contributed by atoms with Gasteiger partial charge < -0.3 is 25.4 Å². The van der Waals surface area contributed by atoms with Crippen LogP contribution >= 0.6 is 24.0 Å². The summed E-state index contributed by atoms with van der Waals surface area (Å²) < 4.78 is 5.43. The lowest BCUT2D eigenvalue weighted by Gasteiger charge is -2.24. The molecule has 0 bridgehead atoms. The maximum atomic E-state index is 12.0. The summed E-state index contributed by atoms with van der Waals surface area (Å²) in [7, 11) is 2.05. The van der Waals surface area contributed by atoms with E-state index in [4.69, 9.17) is 4.74 Å². The summed E-state index contributed by atoms with van der Waals surface area (Å²) >= 11 is 0. The molecule has 152 valence electrons. The Balaban J connectivity index is 0.00000364. The van der Waals surface area contributed by atoms with Gasteiger partial charge in [-0.25, -0.2) is 0 Å². The maximum Gasteiger partial charge on any atom is 0.251 e. The summed E-state index contributed by atoms with van der Waals surface area (Å²) in [6, 6.07) is 6.33. The number of hydrogen-bond acceptors (Lipinski definition) is 4. The molecule has 7 nitrogen and oxygen atoms in total. The number of ether oxygens (including phenoxy) is 1. The minimum absolute atomic E-state index is 0. The molecule has 1 fully saturated rings. The number of amides is 1. The minimum Gasteiger partial charge on any atom is -0.508 e. The van der Waals surface area contributed by atoms with Gasteiger partial charge in [0.1, 0.15) is 5.75 Å². The Labute approximate surface area is 178 Å². The van der Waals surface area contributed by atoms with Crippen molar-refractivity contribution in [2.24, 2.45) is 10.9 Å². The molecule has 1 saturated heterocycles. The van der Waals surface area contributed by atoms with E-state index in [0.717, 1.165) is 45.1 Å². The van der Waals surface area contributed by atoms with Crippen molar-refractivity contribution in [1.29, 1.82) is 0 Å². The van der Waals surface area contributed by atoms with Crippen LogP contribution < -0.4 is 10.6 Å². The van der Waals surface area contributed by atoms with Crippen LogP contribution in [0, 0.1) is 5.92 Å². The average molecular weight is 490 g/mol. The average Bonchev–Trinajstić information content (AvgIpc) is 3.13. The standard InChI is InChI=1S/C19H30N4O3.HI/c1-3-20-19(23(2)13-15-8-11-26-14-15)22-10-5-9-21-18(25)16-6-4-7-17(24)12-16;/h4,6-7,12,15,24H,3,5,8-11,13-14H2,1-2H3,(H,20,22)(H,21,25);1H. The topological polar surface area (TPSA) is 86.2 Å². The molecule has 1 atom stereocenters. The van der Waals surface area contributed by atoms with Gasteiger partial charge in [-0.15, -0.1) is 24.0 Å². The fourth-order valence-electron chi connectivity index (χ4n) is 2.89. The number of aliphatic imine (C=N–C) groups is 1. The van der Waals surface area contributed by atoms with Crippen molar-refractivity contribution in [2.45, 2.75) is 19.8 Å². The third kappa shape index (κ3) is 8.34. The second-order valence-electron chi connectivity index (χ2n) is 6.51. The molecular weight excluding hydrogens is 459 g/mol. The Morgan fingerprint density at radius 1 is 1.41 bits per heavy atom. The molecule has 1 aromatic rings. The molecule has 1 amide bonds. The number of benzene rings is 1. The van der Waals surface area contributed by atoms with Gasteiger partial charge >= 0.3 is 0 Å². The molecule has 3 N–H and O–H groups in total. The van der Waals surface area contributed by atoms with Crippen LogP contribution in [-0.2, 0) is 4.74 Å². The molecule has 0 aromatic heterocycles. The number of guanidine groups is 1. The van der Waals surface area contributed by atoms with Crippen LogP contribution in [0.4, 0.5) is 0 Å². The fraction of sp³-hybridized carbons (Fsp3) is 0.579. The maximum absolute atomic E-state index is 12.0. The third-order valence-electron chi connectivity index (χ3n) is 4.24. The van der Waals surface area contributed by atoms with E-state index in [9.17, 15) is 9.90 Å². The van der Waals surface area contributed by atoms with E-state index in [-0.39, 0.29) is 35.6 Å². The van der Waals surface area contributed by atoms with Gasteiger partial charge in [-0.1, -0.05) is 6.07 Å². The first-order valence-electron chi connectivity index (χ1n) is 9.24. The molecule has 1 aliphatic heterocycles. The third-order valence-corrected chi connectivity index (χ3v) is 4.24. The molecule has 1 aliphatic rings. The zero-order valence-corrected chi connectivity index (χ0v) is 18.4. The number of nitrogens with zero attached hydrogens (tertiary/aromatic N) is 2. The molecule has 8 heteroatoms. The number of hydrogen-bond donors (Lipinski definition) is 3. The number of halogens is 1. The number of phenolic OH excluding ortho intramolecular Hbond substituents is 1. The van der Waals surface area contributed by atoms with E-state index in [1.165, 1.54) is 6.07 Å². The van der Waals surface area contributed by atoms with Crippen molar-refractivity contribution in [2.75, 3.05) is 46.4 Å². The van der Waals surface area contributed by atoms with E-state index in [1.54, 1.807) is 18.2 Å². The van der Waals surface area contributed by atoms with Crippen LogP contribution in [0.3, 0.4) is 0 Å². The summed E-state index contributed by atoms with van der Waals surface area (Å²) in [6.45, 7) is 6.65. The van der Waals surface area contributed by atoms with Crippen LogP contribution in [0.25, 0.3) is 0 Å². The quantitative estimate of drug-likeness (QED) is 0.225. The van der Waals surface area contributed by atoms with Gasteiger partial charge in [-0.3, -0.25) is 9.79 Å². The highest BCUT2D eigenvalue weighted by molar-refractivity contribution is 14.0. The molecule has 0 aliphatic carbocycles. The van der Waals surface area contributed by atoms with Crippen molar-refractivity contribution < 1.29 is 14.6 Å². The van der Waals surface area contributed by atoms with E-state index in [2.05, 4.69) is 27.4 Å². The lowest BCUT2D eigenvalue weighted by molar-refractivity contribution is 0.0953. The lowest BCUT2D eigenvalue weighted by Crippen LogP contribution is -2.41. The predicted octanol–water partition coefficient (Wildman–Crippen LogP) is 2.06. The predicted molar refractivity (Wildman–Crippen MR) is 118 cm³/mol. The SMILES string of the molecule is CCNC(=NCCCNC(=O)c1cccc(O)c1)N(C)CC1CCOC1.I. The Bertz CT molecular complexity index is 606. The highest BCUT2D eigenvalue weighted by Gasteiger charge is 2.18. The Kier molecular flexibility index (Phi) is 11.1. The van der Waals surface area contributed by atoms with Gasteiger partial charge in [-0.05, 0) is 38.0 Å². The van der Waals surface area contributed by atoms with Crippen molar-refractivity contribution >= 4 is 35.8 Å². The summed E-state index contributed by atoms with van der Waals surface area (Å²) in [5.41, 5.74) is 0.459. The van der Waals surface area contributed by atoms with E-state index >= 15 is 0 Å². The van der Waals surface area contributed by atoms with Crippen LogP contribution in [0.2, 0.25) is 0 Å². The number of aromatic hydroxyl groups is 1. The molecule has 27 heavy (non-hydrogen) atoms. The molecule has 1 unspecified atom stereocenters. The molecule has 2 rings (SSSR count). The smallest absolute Gasteiger partial charge is 0.251 e. The Morgan fingerprint density at radius 3 is 2.89 bits per heavy atom. The van der Waals surface area contributed by atoms with E-state index in [1.807, 2.05) is 7.05 Å². The number of nitrogens with one attached hydrogen (secondary N) is 2. The highest BCUT2D eigenvalue weighted by atomic mass is 127. The van der Waals surface area contributed by atoms with Gasteiger partial charge in [-0.2, -0.15) is 0 Å². The molecule has 0 saturated carbocycles. The number of phenols is 1. The first kappa shape index (κ1) is 23.5. The zero-order chi connectivity index (χ0) is 18.8. The van der Waals surface area contributed by atoms with Crippen molar-refractivity contribution in [3.05, 3.63) is 29.8 Å². The van der Waals surface area contributed by atoms with Crippen molar-refractivity contribution in [3.8, 4) is 5.75 Å².